The molecule has 2 aliphatic heterocycles. The number of rotatable bonds is 5. The highest BCUT2D eigenvalue weighted by molar-refractivity contribution is 7.89. The molecule has 8 heteroatoms. The smallest absolute Gasteiger partial charge is 0.253 e. The fraction of sp³-hybridized carbons (Fsp3) is 0.407. The molecule has 0 spiro atoms. The molecule has 0 aliphatic carbocycles. The first-order chi connectivity index (χ1) is 16.9. The molecule has 0 N–H and O–H groups in total. The summed E-state index contributed by atoms with van der Waals surface area (Å²) in [5, 5.41) is 1.14. The molecule has 35 heavy (non-hydrogen) atoms. The van der Waals surface area contributed by atoms with E-state index in [9.17, 15) is 13.2 Å². The minimum atomic E-state index is -3.52. The van der Waals surface area contributed by atoms with Crippen LogP contribution in [0.5, 0.6) is 0 Å². The molecule has 3 heterocycles. The third-order valence-corrected chi connectivity index (χ3v) is 9.01. The summed E-state index contributed by atoms with van der Waals surface area (Å²) in [6, 6.07) is 16.7. The van der Waals surface area contributed by atoms with Crippen LogP contribution in [0.4, 0.5) is 0 Å². The van der Waals surface area contributed by atoms with Crippen molar-refractivity contribution in [2.45, 2.75) is 31.2 Å². The van der Waals surface area contributed by atoms with Crippen LogP contribution in [0.2, 0.25) is 0 Å². The Hall–Kier alpha value is -2.81. The van der Waals surface area contributed by atoms with Crippen LogP contribution in [-0.4, -0.2) is 72.7 Å². The summed E-state index contributed by atoms with van der Waals surface area (Å²) in [6.45, 7) is 6.86. The van der Waals surface area contributed by atoms with E-state index in [-0.39, 0.29) is 10.8 Å². The molecule has 0 saturated carbocycles. The number of hydrogen-bond donors (Lipinski definition) is 0. The average Bonchev–Trinajstić information content (AvgIpc) is 2.89. The van der Waals surface area contributed by atoms with Crippen LogP contribution in [0.15, 0.2) is 65.7 Å². The summed E-state index contributed by atoms with van der Waals surface area (Å²) in [6.07, 6.45) is 3.78. The molecule has 0 radical (unpaired) electrons. The second-order valence-corrected chi connectivity index (χ2v) is 11.6. The van der Waals surface area contributed by atoms with E-state index in [4.69, 9.17) is 0 Å². The van der Waals surface area contributed by atoms with E-state index in [1.807, 2.05) is 17.2 Å². The zero-order valence-electron chi connectivity index (χ0n) is 20.1. The standard InChI is InChI=1S/C27H32N4O3S/c1-21-5-4-14-31(19-21)35(33,34)25-11-9-23(10-12-25)27(32)30-17-15-29(16-18-30)20-24-7-2-6-22-8-3-13-28-26(22)24/h2-3,6-13,21H,4-5,14-20H2,1H3. The lowest BCUT2D eigenvalue weighted by atomic mass is 10.0. The van der Waals surface area contributed by atoms with Crippen molar-refractivity contribution in [1.29, 1.82) is 0 Å². The number of piperidine rings is 1. The molecule has 0 bridgehead atoms. The van der Waals surface area contributed by atoms with E-state index in [1.165, 1.54) is 5.56 Å². The lowest BCUT2D eigenvalue weighted by Gasteiger charge is -2.35. The van der Waals surface area contributed by atoms with Gasteiger partial charge in [-0.1, -0.05) is 31.2 Å². The molecule has 1 atom stereocenters. The van der Waals surface area contributed by atoms with Gasteiger partial charge in [-0.05, 0) is 54.7 Å². The average molecular weight is 493 g/mol. The number of aromatic nitrogens is 1. The Balaban J connectivity index is 1.20. The van der Waals surface area contributed by atoms with Gasteiger partial charge in [0.25, 0.3) is 5.91 Å². The van der Waals surface area contributed by atoms with Crippen LogP contribution >= 0.6 is 0 Å². The van der Waals surface area contributed by atoms with Gasteiger partial charge in [-0.3, -0.25) is 14.7 Å². The monoisotopic (exact) mass is 492 g/mol. The van der Waals surface area contributed by atoms with Crippen molar-refractivity contribution in [1.82, 2.24) is 19.1 Å². The number of para-hydroxylation sites is 1. The highest BCUT2D eigenvalue weighted by Gasteiger charge is 2.29. The number of benzene rings is 2. The molecule has 184 valence electrons. The SMILES string of the molecule is CC1CCCN(S(=O)(=O)c2ccc(C(=O)N3CCN(Cc4cccc5cccnc45)CC3)cc2)C1. The van der Waals surface area contributed by atoms with Crippen LogP contribution in [0, 0.1) is 5.92 Å². The van der Waals surface area contributed by atoms with Crippen LogP contribution in [0.3, 0.4) is 0 Å². The Kier molecular flexibility index (Phi) is 6.86. The quantitative estimate of drug-likeness (QED) is 0.544. The van der Waals surface area contributed by atoms with Gasteiger partial charge >= 0.3 is 0 Å². The van der Waals surface area contributed by atoms with Crippen molar-refractivity contribution in [2.75, 3.05) is 39.3 Å². The Morgan fingerprint density at radius 2 is 1.71 bits per heavy atom. The highest BCUT2D eigenvalue weighted by atomic mass is 32.2. The molecular weight excluding hydrogens is 460 g/mol. The number of nitrogens with zero attached hydrogens (tertiary/aromatic N) is 4. The largest absolute Gasteiger partial charge is 0.336 e. The van der Waals surface area contributed by atoms with Gasteiger partial charge in [0.15, 0.2) is 0 Å². The zero-order chi connectivity index (χ0) is 24.4. The minimum absolute atomic E-state index is 0.0491. The maximum atomic E-state index is 13.1. The van der Waals surface area contributed by atoms with E-state index >= 15 is 0 Å². The van der Waals surface area contributed by atoms with Crippen molar-refractivity contribution in [3.8, 4) is 0 Å². The fourth-order valence-electron chi connectivity index (χ4n) is 5.11. The van der Waals surface area contributed by atoms with Crippen molar-refractivity contribution >= 4 is 26.8 Å². The molecule has 7 nitrogen and oxygen atoms in total. The number of fused-ring (bicyclic) bond motifs is 1. The van der Waals surface area contributed by atoms with E-state index in [0.717, 1.165) is 43.4 Å². The van der Waals surface area contributed by atoms with E-state index < -0.39 is 10.0 Å². The molecule has 5 rings (SSSR count). The Labute approximate surface area is 207 Å². The van der Waals surface area contributed by atoms with Crippen molar-refractivity contribution < 1.29 is 13.2 Å². The van der Waals surface area contributed by atoms with Crippen LogP contribution in [0.25, 0.3) is 10.9 Å². The molecular formula is C27H32N4O3S. The number of pyridine rings is 1. The molecule has 2 aromatic carbocycles. The molecule has 1 aromatic heterocycles. The van der Waals surface area contributed by atoms with Gasteiger partial charge in [0, 0.05) is 63.0 Å². The third kappa shape index (κ3) is 5.10. The lowest BCUT2D eigenvalue weighted by Crippen LogP contribution is -2.48. The predicted molar refractivity (Wildman–Crippen MR) is 137 cm³/mol. The number of amides is 1. The minimum Gasteiger partial charge on any atom is -0.336 e. The topological polar surface area (TPSA) is 73.8 Å². The molecule has 1 unspecified atom stereocenters. The van der Waals surface area contributed by atoms with Crippen LogP contribution in [-0.2, 0) is 16.6 Å². The van der Waals surface area contributed by atoms with E-state index in [2.05, 4.69) is 41.1 Å². The van der Waals surface area contributed by atoms with E-state index in [0.29, 0.717) is 37.7 Å². The zero-order valence-corrected chi connectivity index (χ0v) is 21.0. The Bertz CT molecular complexity index is 1300. The molecule has 2 saturated heterocycles. The predicted octanol–water partition coefficient (Wildman–Crippen LogP) is 3.61. The number of piperazine rings is 1. The van der Waals surface area contributed by atoms with Gasteiger partial charge in [-0.15, -0.1) is 0 Å². The first-order valence-electron chi connectivity index (χ1n) is 12.4. The fourth-order valence-corrected chi connectivity index (χ4v) is 6.71. The number of hydrogen-bond acceptors (Lipinski definition) is 5. The molecule has 3 aromatic rings. The summed E-state index contributed by atoms with van der Waals surface area (Å²) in [5.74, 6) is 0.321. The maximum Gasteiger partial charge on any atom is 0.253 e. The van der Waals surface area contributed by atoms with Crippen molar-refractivity contribution in [3.05, 3.63) is 71.9 Å². The molecule has 2 fully saturated rings. The number of carbonyl (C=O) groups is 1. The first-order valence-corrected chi connectivity index (χ1v) is 13.8. The Morgan fingerprint density at radius 1 is 0.971 bits per heavy atom. The van der Waals surface area contributed by atoms with Gasteiger partial charge in [0.05, 0.1) is 10.4 Å². The van der Waals surface area contributed by atoms with Gasteiger partial charge in [-0.2, -0.15) is 4.31 Å². The normalized spacial score (nSPS) is 20.3. The summed E-state index contributed by atoms with van der Waals surface area (Å²) < 4.78 is 27.6. The van der Waals surface area contributed by atoms with Crippen molar-refractivity contribution in [2.24, 2.45) is 5.92 Å². The van der Waals surface area contributed by atoms with Crippen LogP contribution in [0.1, 0.15) is 35.7 Å². The van der Waals surface area contributed by atoms with E-state index in [1.54, 1.807) is 28.6 Å². The van der Waals surface area contributed by atoms with Gasteiger partial charge < -0.3 is 4.90 Å². The molecule has 2 aliphatic rings. The maximum absolute atomic E-state index is 13.1. The number of carbonyl (C=O) groups excluding carboxylic acids is 1. The highest BCUT2D eigenvalue weighted by Crippen LogP contribution is 2.24. The summed E-state index contributed by atoms with van der Waals surface area (Å²) >= 11 is 0. The summed E-state index contributed by atoms with van der Waals surface area (Å²) in [4.78, 5) is 22.1. The third-order valence-electron chi connectivity index (χ3n) is 7.13. The first kappa shape index (κ1) is 23.9. The van der Waals surface area contributed by atoms with Gasteiger partial charge in [0.2, 0.25) is 10.0 Å². The Morgan fingerprint density at radius 3 is 2.46 bits per heavy atom. The molecule has 1 amide bonds. The second-order valence-electron chi connectivity index (χ2n) is 9.70. The van der Waals surface area contributed by atoms with Gasteiger partial charge in [0.1, 0.15) is 0 Å². The second kappa shape index (κ2) is 10.0. The van der Waals surface area contributed by atoms with Crippen LogP contribution < -0.4 is 0 Å². The summed E-state index contributed by atoms with van der Waals surface area (Å²) in [5.41, 5.74) is 2.76. The van der Waals surface area contributed by atoms with Gasteiger partial charge in [-0.25, -0.2) is 8.42 Å². The summed E-state index contributed by atoms with van der Waals surface area (Å²) in [7, 11) is -3.52. The van der Waals surface area contributed by atoms with Crippen molar-refractivity contribution in [3.63, 3.8) is 0 Å². The lowest BCUT2D eigenvalue weighted by molar-refractivity contribution is 0.0628. The number of sulfonamides is 1.